The first-order valence-corrected chi connectivity index (χ1v) is 6.32. The number of unbranched alkanes of at least 4 members (excludes halogenated alkanes) is 1. The Labute approximate surface area is 112 Å². The highest BCUT2D eigenvalue weighted by atomic mass is 16.6. The van der Waals surface area contributed by atoms with Gasteiger partial charge in [0.25, 0.3) is 5.69 Å². The predicted octanol–water partition coefficient (Wildman–Crippen LogP) is 2.20. The summed E-state index contributed by atoms with van der Waals surface area (Å²) in [5.41, 5.74) is 0.525. The lowest BCUT2D eigenvalue weighted by Gasteiger charge is -2.23. The fourth-order valence-corrected chi connectivity index (χ4v) is 1.87. The maximum atomic E-state index is 11.1. The van der Waals surface area contributed by atoms with Crippen molar-refractivity contribution in [2.75, 3.05) is 31.7 Å². The van der Waals surface area contributed by atoms with Gasteiger partial charge in [-0.15, -0.1) is 0 Å². The predicted molar refractivity (Wildman–Crippen MR) is 73.9 cm³/mol. The molecule has 0 radical (unpaired) electrons. The van der Waals surface area contributed by atoms with E-state index in [2.05, 4.69) is 6.92 Å². The van der Waals surface area contributed by atoms with E-state index in [0.29, 0.717) is 24.5 Å². The molecule has 0 unspecified atom stereocenters. The van der Waals surface area contributed by atoms with Crippen molar-refractivity contribution in [2.45, 2.75) is 19.8 Å². The van der Waals surface area contributed by atoms with Crippen molar-refractivity contribution in [1.29, 1.82) is 0 Å². The molecule has 0 heterocycles. The molecule has 0 aromatic heterocycles. The number of rotatable bonds is 8. The van der Waals surface area contributed by atoms with Gasteiger partial charge in [0, 0.05) is 13.1 Å². The summed E-state index contributed by atoms with van der Waals surface area (Å²) in [4.78, 5) is 12.5. The molecular formula is C13H20N2O4. The van der Waals surface area contributed by atoms with Crippen LogP contribution in [0.1, 0.15) is 19.8 Å². The van der Waals surface area contributed by atoms with Crippen molar-refractivity contribution in [2.24, 2.45) is 0 Å². The fourth-order valence-electron chi connectivity index (χ4n) is 1.87. The second-order valence-electron chi connectivity index (χ2n) is 4.18. The van der Waals surface area contributed by atoms with Crippen LogP contribution in [0.2, 0.25) is 0 Å². The summed E-state index contributed by atoms with van der Waals surface area (Å²) in [6.45, 7) is 3.09. The summed E-state index contributed by atoms with van der Waals surface area (Å²) in [5, 5.41) is 20.2. The van der Waals surface area contributed by atoms with Crippen molar-refractivity contribution in [3.63, 3.8) is 0 Å². The van der Waals surface area contributed by atoms with Crippen molar-refractivity contribution < 1.29 is 14.8 Å². The second-order valence-corrected chi connectivity index (χ2v) is 4.18. The molecule has 1 aromatic rings. The lowest BCUT2D eigenvalue weighted by Crippen LogP contribution is -2.28. The Balaban J connectivity index is 3.09. The van der Waals surface area contributed by atoms with Gasteiger partial charge in [-0.2, -0.15) is 0 Å². The molecule has 1 N–H and O–H groups in total. The molecule has 0 atom stereocenters. The van der Waals surface area contributed by atoms with Gasteiger partial charge in [-0.3, -0.25) is 10.1 Å². The van der Waals surface area contributed by atoms with Crippen LogP contribution in [0.4, 0.5) is 11.4 Å². The average Bonchev–Trinajstić information content (AvgIpc) is 2.42. The Morgan fingerprint density at radius 3 is 2.68 bits per heavy atom. The van der Waals surface area contributed by atoms with Crippen LogP contribution < -0.4 is 9.64 Å². The van der Waals surface area contributed by atoms with Crippen molar-refractivity contribution >= 4 is 11.4 Å². The van der Waals surface area contributed by atoms with Crippen molar-refractivity contribution in [3.8, 4) is 5.75 Å². The third kappa shape index (κ3) is 4.10. The molecule has 0 aliphatic carbocycles. The van der Waals surface area contributed by atoms with Crippen LogP contribution in [0.25, 0.3) is 0 Å². The molecule has 1 aromatic carbocycles. The third-order valence-electron chi connectivity index (χ3n) is 2.87. The van der Waals surface area contributed by atoms with Crippen LogP contribution in [0, 0.1) is 10.1 Å². The number of methoxy groups -OCH3 is 1. The number of hydrogen-bond acceptors (Lipinski definition) is 5. The summed E-state index contributed by atoms with van der Waals surface area (Å²) in [6.07, 6.45) is 1.91. The van der Waals surface area contributed by atoms with Crippen molar-refractivity contribution in [1.82, 2.24) is 0 Å². The van der Waals surface area contributed by atoms with E-state index >= 15 is 0 Å². The van der Waals surface area contributed by atoms with E-state index in [9.17, 15) is 10.1 Å². The van der Waals surface area contributed by atoms with Gasteiger partial charge in [-0.05, 0) is 18.6 Å². The number of anilines is 1. The van der Waals surface area contributed by atoms with Crippen LogP contribution in [0.5, 0.6) is 5.75 Å². The number of aliphatic hydroxyl groups is 1. The maximum Gasteiger partial charge on any atom is 0.296 e. The summed E-state index contributed by atoms with van der Waals surface area (Å²) in [7, 11) is 1.47. The average molecular weight is 268 g/mol. The molecule has 0 fully saturated rings. The Kier molecular flexibility index (Phi) is 6.08. The third-order valence-corrected chi connectivity index (χ3v) is 2.87. The van der Waals surface area contributed by atoms with Crippen LogP contribution in [-0.4, -0.2) is 36.8 Å². The number of nitrogens with zero attached hydrogens (tertiary/aromatic N) is 2. The van der Waals surface area contributed by atoms with Gasteiger partial charge in [0.15, 0.2) is 0 Å². The van der Waals surface area contributed by atoms with Crippen LogP contribution in [-0.2, 0) is 0 Å². The summed E-state index contributed by atoms with van der Waals surface area (Å²) < 4.78 is 5.01. The SMILES string of the molecule is CCCCN(CCO)c1ccc(OC)cc1[N+](=O)[O-]. The zero-order valence-electron chi connectivity index (χ0n) is 11.3. The minimum absolute atomic E-state index is 0.00361. The minimum Gasteiger partial charge on any atom is -0.496 e. The van der Waals surface area contributed by atoms with E-state index in [1.807, 2.05) is 4.90 Å². The van der Waals surface area contributed by atoms with Crippen molar-refractivity contribution in [3.05, 3.63) is 28.3 Å². The topological polar surface area (TPSA) is 75.8 Å². The first kappa shape index (κ1) is 15.2. The van der Waals surface area contributed by atoms with Gasteiger partial charge in [-0.25, -0.2) is 0 Å². The van der Waals surface area contributed by atoms with Gasteiger partial charge >= 0.3 is 0 Å². The Bertz CT molecular complexity index is 423. The van der Waals surface area contributed by atoms with Gasteiger partial charge in [0.2, 0.25) is 0 Å². The Hall–Kier alpha value is -1.82. The number of benzene rings is 1. The Morgan fingerprint density at radius 1 is 1.42 bits per heavy atom. The van der Waals surface area contributed by atoms with E-state index < -0.39 is 4.92 Å². The smallest absolute Gasteiger partial charge is 0.296 e. The quantitative estimate of drug-likeness (QED) is 0.578. The van der Waals surface area contributed by atoms with Crippen LogP contribution >= 0.6 is 0 Å². The standard InChI is InChI=1S/C13H20N2O4/c1-3-4-7-14(8-9-16)12-6-5-11(19-2)10-13(12)15(17)18/h5-6,10,16H,3-4,7-9H2,1-2H3. The minimum atomic E-state index is -0.422. The van der Waals surface area contributed by atoms with E-state index in [0.717, 1.165) is 12.8 Å². The van der Waals surface area contributed by atoms with Crippen LogP contribution in [0.3, 0.4) is 0 Å². The molecular weight excluding hydrogens is 248 g/mol. The fraction of sp³-hybridized carbons (Fsp3) is 0.538. The van der Waals surface area contributed by atoms with Gasteiger partial charge < -0.3 is 14.7 Å². The monoisotopic (exact) mass is 268 g/mol. The first-order valence-electron chi connectivity index (χ1n) is 6.32. The maximum absolute atomic E-state index is 11.1. The molecule has 0 spiro atoms. The molecule has 0 saturated carbocycles. The number of hydrogen-bond donors (Lipinski definition) is 1. The lowest BCUT2D eigenvalue weighted by atomic mass is 10.2. The number of aliphatic hydroxyl groups excluding tert-OH is 1. The molecule has 19 heavy (non-hydrogen) atoms. The highest BCUT2D eigenvalue weighted by molar-refractivity contribution is 5.65. The second kappa shape index (κ2) is 7.58. The largest absolute Gasteiger partial charge is 0.496 e. The number of nitro groups is 1. The van der Waals surface area contributed by atoms with E-state index in [1.165, 1.54) is 13.2 Å². The zero-order valence-corrected chi connectivity index (χ0v) is 11.3. The number of nitro benzene ring substituents is 1. The summed E-state index contributed by atoms with van der Waals surface area (Å²) >= 11 is 0. The first-order chi connectivity index (χ1) is 9.13. The molecule has 0 aliphatic rings. The molecule has 0 aliphatic heterocycles. The lowest BCUT2D eigenvalue weighted by molar-refractivity contribution is -0.384. The van der Waals surface area contributed by atoms with Gasteiger partial charge in [-0.1, -0.05) is 13.3 Å². The molecule has 106 valence electrons. The van der Waals surface area contributed by atoms with Gasteiger partial charge in [0.05, 0.1) is 24.7 Å². The van der Waals surface area contributed by atoms with Crippen LogP contribution in [0.15, 0.2) is 18.2 Å². The highest BCUT2D eigenvalue weighted by Crippen LogP contribution is 2.32. The van der Waals surface area contributed by atoms with Gasteiger partial charge in [0.1, 0.15) is 11.4 Å². The van der Waals surface area contributed by atoms with E-state index in [-0.39, 0.29) is 12.3 Å². The molecule has 1 rings (SSSR count). The number of ether oxygens (including phenoxy) is 1. The molecule has 0 saturated heterocycles. The molecule has 0 amide bonds. The molecule has 6 heteroatoms. The Morgan fingerprint density at radius 2 is 2.16 bits per heavy atom. The summed E-state index contributed by atoms with van der Waals surface area (Å²) in [6, 6.07) is 4.77. The zero-order chi connectivity index (χ0) is 14.3. The molecule has 6 nitrogen and oxygen atoms in total. The van der Waals surface area contributed by atoms with E-state index in [1.54, 1.807) is 12.1 Å². The normalized spacial score (nSPS) is 10.3. The molecule has 0 bridgehead atoms. The highest BCUT2D eigenvalue weighted by Gasteiger charge is 2.19. The van der Waals surface area contributed by atoms with E-state index in [4.69, 9.17) is 9.84 Å². The summed E-state index contributed by atoms with van der Waals surface area (Å²) in [5.74, 6) is 0.454.